The fourth-order valence-corrected chi connectivity index (χ4v) is 3.40. The monoisotopic (exact) mass is 453 g/mol. The molecule has 0 aliphatic rings. The number of rotatable bonds is 12. The first-order chi connectivity index (χ1) is 15.7. The zero-order valence-corrected chi connectivity index (χ0v) is 19.9. The molecule has 0 unspecified atom stereocenters. The van der Waals surface area contributed by atoms with Crippen molar-refractivity contribution in [2.45, 2.75) is 45.4 Å². The van der Waals surface area contributed by atoms with Crippen LogP contribution in [0.15, 0.2) is 60.7 Å². The van der Waals surface area contributed by atoms with Crippen LogP contribution in [0.2, 0.25) is 0 Å². The van der Waals surface area contributed by atoms with Crippen molar-refractivity contribution < 1.29 is 19.1 Å². The molecule has 7 heteroatoms. The Kier molecular flexibility index (Phi) is 10.6. The van der Waals surface area contributed by atoms with Crippen LogP contribution in [0.3, 0.4) is 0 Å². The number of nitrogens with one attached hydrogen (secondary N) is 2. The molecule has 0 saturated heterocycles. The highest BCUT2D eigenvalue weighted by molar-refractivity contribution is 5.93. The lowest BCUT2D eigenvalue weighted by atomic mass is 9.99. The number of amides is 2. The van der Waals surface area contributed by atoms with E-state index in [4.69, 9.17) is 4.74 Å². The van der Waals surface area contributed by atoms with Gasteiger partial charge in [0.25, 0.3) is 0 Å². The van der Waals surface area contributed by atoms with Crippen LogP contribution in [0.25, 0.3) is 0 Å². The van der Waals surface area contributed by atoms with Crippen LogP contribution in [0, 0.1) is 5.92 Å². The lowest BCUT2D eigenvalue weighted by molar-refractivity contribution is -0.129. The van der Waals surface area contributed by atoms with Gasteiger partial charge in [0, 0.05) is 0 Å². The molecule has 0 saturated carbocycles. The summed E-state index contributed by atoms with van der Waals surface area (Å²) >= 11 is 0. The standard InChI is InChI=1S/C26H35N3O4/c1-19(2)15-23(28-26(32)33-18-21-13-9-6-10-14-21)25(31)27-22(24(30)17-29(3)4)16-20-11-7-5-8-12-20/h5-14,19,22-23H,15-18H2,1-4H3,(H,27,31)(H,28,32)/t22-,23-/m0/s1. The first-order valence-electron chi connectivity index (χ1n) is 11.2. The van der Waals surface area contributed by atoms with Crippen LogP contribution >= 0.6 is 0 Å². The van der Waals surface area contributed by atoms with E-state index < -0.39 is 24.1 Å². The van der Waals surface area contributed by atoms with Crippen molar-refractivity contribution in [3.63, 3.8) is 0 Å². The van der Waals surface area contributed by atoms with Gasteiger partial charge in [-0.15, -0.1) is 0 Å². The summed E-state index contributed by atoms with van der Waals surface area (Å²) in [6.07, 6.45) is 0.136. The normalized spacial score (nSPS) is 12.8. The first-order valence-corrected chi connectivity index (χ1v) is 11.2. The number of nitrogens with zero attached hydrogens (tertiary/aromatic N) is 1. The van der Waals surface area contributed by atoms with E-state index in [0.717, 1.165) is 11.1 Å². The average molecular weight is 454 g/mol. The number of hydrogen-bond acceptors (Lipinski definition) is 5. The first kappa shape index (κ1) is 26.1. The highest BCUT2D eigenvalue weighted by atomic mass is 16.5. The summed E-state index contributed by atoms with van der Waals surface area (Å²) in [6, 6.07) is 17.4. The summed E-state index contributed by atoms with van der Waals surface area (Å²) in [5.74, 6) is -0.333. The highest BCUT2D eigenvalue weighted by Gasteiger charge is 2.28. The molecule has 2 aromatic rings. The molecule has 0 aliphatic heterocycles. The molecule has 7 nitrogen and oxygen atoms in total. The van der Waals surface area contributed by atoms with Crippen LogP contribution in [0.1, 0.15) is 31.4 Å². The van der Waals surface area contributed by atoms with Gasteiger partial charge in [0.2, 0.25) is 5.91 Å². The molecule has 2 amide bonds. The van der Waals surface area contributed by atoms with E-state index in [1.54, 1.807) is 4.90 Å². The number of Topliss-reactive ketones (excluding diaryl/α,β-unsaturated/α-hetero) is 1. The second-order valence-corrected chi connectivity index (χ2v) is 8.84. The topological polar surface area (TPSA) is 87.7 Å². The van der Waals surface area contributed by atoms with Crippen LogP contribution < -0.4 is 10.6 Å². The van der Waals surface area contributed by atoms with E-state index in [0.29, 0.717) is 12.8 Å². The highest BCUT2D eigenvalue weighted by Crippen LogP contribution is 2.09. The summed E-state index contributed by atoms with van der Waals surface area (Å²) < 4.78 is 5.29. The minimum Gasteiger partial charge on any atom is -0.445 e. The van der Waals surface area contributed by atoms with E-state index in [1.807, 2.05) is 88.6 Å². The van der Waals surface area contributed by atoms with Gasteiger partial charge in [-0.2, -0.15) is 0 Å². The second-order valence-electron chi connectivity index (χ2n) is 8.84. The van der Waals surface area contributed by atoms with Crippen LogP contribution in [-0.2, 0) is 27.4 Å². The molecule has 0 bridgehead atoms. The molecule has 0 aromatic heterocycles. The Morgan fingerprint density at radius 3 is 1.97 bits per heavy atom. The molecule has 33 heavy (non-hydrogen) atoms. The van der Waals surface area contributed by atoms with Crippen molar-refractivity contribution >= 4 is 17.8 Å². The third-order valence-electron chi connectivity index (χ3n) is 4.99. The van der Waals surface area contributed by atoms with E-state index in [9.17, 15) is 14.4 Å². The SMILES string of the molecule is CC(C)C[C@H](NC(=O)OCc1ccccc1)C(=O)N[C@@H](Cc1ccccc1)C(=O)CN(C)C. The zero-order valence-electron chi connectivity index (χ0n) is 19.9. The van der Waals surface area contributed by atoms with E-state index in [-0.39, 0.29) is 24.9 Å². The summed E-state index contributed by atoms with van der Waals surface area (Å²) in [6.45, 7) is 4.26. The lowest BCUT2D eigenvalue weighted by Crippen LogP contribution is -2.53. The Labute approximate surface area is 196 Å². The Hall–Kier alpha value is -3.19. The third kappa shape index (κ3) is 9.87. The average Bonchev–Trinajstić information content (AvgIpc) is 2.77. The number of alkyl carbamates (subject to hydrolysis) is 1. The van der Waals surface area contributed by atoms with Crippen molar-refractivity contribution in [3.8, 4) is 0 Å². The number of likely N-dealkylation sites (N-methyl/N-ethyl adjacent to an activating group) is 1. The van der Waals surface area contributed by atoms with Gasteiger partial charge in [0.15, 0.2) is 5.78 Å². The predicted molar refractivity (Wildman–Crippen MR) is 129 cm³/mol. The molecular formula is C26H35N3O4. The van der Waals surface area contributed by atoms with E-state index in [1.165, 1.54) is 0 Å². The number of benzene rings is 2. The number of carbonyl (C=O) groups is 3. The number of ketones is 1. The van der Waals surface area contributed by atoms with Crippen molar-refractivity contribution in [1.82, 2.24) is 15.5 Å². The Balaban J connectivity index is 2.06. The minimum atomic E-state index is -0.807. The Bertz CT molecular complexity index is 885. The molecule has 2 rings (SSSR count). The summed E-state index contributed by atoms with van der Waals surface area (Å²) in [5, 5.41) is 5.54. The fraction of sp³-hybridized carbons (Fsp3) is 0.423. The molecule has 178 valence electrons. The Morgan fingerprint density at radius 2 is 1.42 bits per heavy atom. The molecular weight excluding hydrogens is 418 g/mol. The Morgan fingerprint density at radius 1 is 0.848 bits per heavy atom. The summed E-state index contributed by atoms with van der Waals surface area (Å²) in [7, 11) is 3.62. The fourth-order valence-electron chi connectivity index (χ4n) is 3.40. The number of ether oxygens (including phenoxy) is 1. The van der Waals surface area contributed by atoms with Crippen LogP contribution in [0.4, 0.5) is 4.79 Å². The molecule has 0 spiro atoms. The van der Waals surface area contributed by atoms with E-state index >= 15 is 0 Å². The molecule has 0 heterocycles. The smallest absolute Gasteiger partial charge is 0.408 e. The lowest BCUT2D eigenvalue weighted by Gasteiger charge is -2.24. The molecule has 0 aliphatic carbocycles. The van der Waals surface area contributed by atoms with Gasteiger partial charge in [0.1, 0.15) is 12.6 Å². The molecule has 0 radical (unpaired) electrons. The molecule has 2 aromatic carbocycles. The maximum Gasteiger partial charge on any atom is 0.408 e. The van der Waals surface area contributed by atoms with Crippen molar-refractivity contribution in [3.05, 3.63) is 71.8 Å². The number of carbonyl (C=O) groups excluding carboxylic acids is 3. The van der Waals surface area contributed by atoms with Gasteiger partial charge in [-0.25, -0.2) is 4.79 Å². The maximum absolute atomic E-state index is 13.1. The van der Waals surface area contributed by atoms with Gasteiger partial charge in [-0.1, -0.05) is 74.5 Å². The summed E-state index contributed by atoms with van der Waals surface area (Å²) in [4.78, 5) is 40.1. The van der Waals surface area contributed by atoms with Gasteiger partial charge in [-0.3, -0.25) is 9.59 Å². The van der Waals surface area contributed by atoms with Crippen molar-refractivity contribution in [2.75, 3.05) is 20.6 Å². The van der Waals surface area contributed by atoms with Gasteiger partial charge < -0.3 is 20.3 Å². The zero-order chi connectivity index (χ0) is 24.2. The van der Waals surface area contributed by atoms with Gasteiger partial charge >= 0.3 is 6.09 Å². The second kappa shape index (κ2) is 13.4. The molecule has 2 N–H and O–H groups in total. The van der Waals surface area contributed by atoms with Gasteiger partial charge in [0.05, 0.1) is 12.6 Å². The van der Waals surface area contributed by atoms with E-state index in [2.05, 4.69) is 10.6 Å². The van der Waals surface area contributed by atoms with Crippen LogP contribution in [-0.4, -0.2) is 55.4 Å². The minimum absolute atomic E-state index is 0.0906. The third-order valence-corrected chi connectivity index (χ3v) is 4.99. The summed E-state index contributed by atoms with van der Waals surface area (Å²) in [5.41, 5.74) is 1.81. The van der Waals surface area contributed by atoms with Crippen molar-refractivity contribution in [2.24, 2.45) is 5.92 Å². The van der Waals surface area contributed by atoms with Gasteiger partial charge in [-0.05, 0) is 44.0 Å². The van der Waals surface area contributed by atoms with Crippen molar-refractivity contribution in [1.29, 1.82) is 0 Å². The molecule has 0 fully saturated rings. The number of hydrogen-bond donors (Lipinski definition) is 2. The predicted octanol–water partition coefficient (Wildman–Crippen LogP) is 3.19. The largest absolute Gasteiger partial charge is 0.445 e. The van der Waals surface area contributed by atoms with Crippen LogP contribution in [0.5, 0.6) is 0 Å². The maximum atomic E-state index is 13.1. The molecule has 2 atom stereocenters. The quantitative estimate of drug-likeness (QED) is 0.515.